The summed E-state index contributed by atoms with van der Waals surface area (Å²) in [6.07, 6.45) is 1.25. The summed E-state index contributed by atoms with van der Waals surface area (Å²) in [5.74, 6) is 0.721. The maximum atomic E-state index is 3.35. The maximum absolute atomic E-state index is 3.35. The topological polar surface area (TPSA) is 12.0 Å². The molecule has 0 saturated carbocycles. The fourth-order valence-corrected chi connectivity index (χ4v) is 2.16. The van der Waals surface area contributed by atoms with Gasteiger partial charge in [0.1, 0.15) is 0 Å². The minimum absolute atomic E-state index is 0.580. The van der Waals surface area contributed by atoms with Crippen molar-refractivity contribution in [2.45, 2.75) is 25.3 Å². The molecular formula is C11H15N. The summed E-state index contributed by atoms with van der Waals surface area (Å²) in [6.45, 7) is 2.30. The Morgan fingerprint density at radius 3 is 2.58 bits per heavy atom. The predicted octanol–water partition coefficient (Wildman–Crippen LogP) is 2.45. The van der Waals surface area contributed by atoms with Crippen LogP contribution in [0.25, 0.3) is 0 Å². The summed E-state index contributed by atoms with van der Waals surface area (Å²) in [5.41, 5.74) is 3.02. The summed E-state index contributed by atoms with van der Waals surface area (Å²) in [5, 5.41) is 3.35. The van der Waals surface area contributed by atoms with Crippen LogP contribution in [0.5, 0.6) is 0 Å². The third kappa shape index (κ3) is 1.05. The van der Waals surface area contributed by atoms with Gasteiger partial charge in [-0.05, 0) is 30.5 Å². The van der Waals surface area contributed by atoms with Crippen molar-refractivity contribution in [1.82, 2.24) is 5.32 Å². The van der Waals surface area contributed by atoms with Crippen LogP contribution in [0.1, 0.15) is 36.4 Å². The number of nitrogens with one attached hydrogen (secondary N) is 1. The van der Waals surface area contributed by atoms with Gasteiger partial charge in [-0.25, -0.2) is 0 Å². The summed E-state index contributed by atoms with van der Waals surface area (Å²) < 4.78 is 0. The molecule has 1 aliphatic carbocycles. The highest BCUT2D eigenvalue weighted by molar-refractivity contribution is 5.37. The highest BCUT2D eigenvalue weighted by atomic mass is 14.9. The lowest BCUT2D eigenvalue weighted by Crippen LogP contribution is -2.12. The van der Waals surface area contributed by atoms with Crippen molar-refractivity contribution in [3.05, 3.63) is 35.4 Å². The van der Waals surface area contributed by atoms with E-state index in [0.29, 0.717) is 6.04 Å². The molecule has 0 fully saturated rings. The van der Waals surface area contributed by atoms with E-state index >= 15 is 0 Å². The Hall–Kier alpha value is -0.820. The SMILES string of the molecule is CN[C@H]1C[C@@H](C)c2ccccc21. The molecule has 1 nitrogen and oxygen atoms in total. The van der Waals surface area contributed by atoms with E-state index in [0.717, 1.165) is 5.92 Å². The smallest absolute Gasteiger partial charge is 0.0326 e. The van der Waals surface area contributed by atoms with Crippen LogP contribution < -0.4 is 5.32 Å². The monoisotopic (exact) mass is 161 g/mol. The molecule has 1 aliphatic rings. The van der Waals surface area contributed by atoms with Gasteiger partial charge in [-0.1, -0.05) is 31.2 Å². The average molecular weight is 161 g/mol. The molecular weight excluding hydrogens is 146 g/mol. The maximum Gasteiger partial charge on any atom is 0.0326 e. The molecule has 0 heterocycles. The Morgan fingerprint density at radius 2 is 1.92 bits per heavy atom. The fraction of sp³-hybridized carbons (Fsp3) is 0.455. The predicted molar refractivity (Wildman–Crippen MR) is 51.3 cm³/mol. The van der Waals surface area contributed by atoms with Gasteiger partial charge in [0.15, 0.2) is 0 Å². The lowest BCUT2D eigenvalue weighted by atomic mass is 10.0. The zero-order valence-corrected chi connectivity index (χ0v) is 7.67. The fourth-order valence-electron chi connectivity index (χ4n) is 2.16. The van der Waals surface area contributed by atoms with E-state index < -0.39 is 0 Å². The number of hydrogen-bond acceptors (Lipinski definition) is 1. The van der Waals surface area contributed by atoms with Crippen molar-refractivity contribution in [3.8, 4) is 0 Å². The average Bonchev–Trinajstić information content (AvgIpc) is 2.44. The van der Waals surface area contributed by atoms with Crippen LogP contribution in [0.3, 0.4) is 0 Å². The summed E-state index contributed by atoms with van der Waals surface area (Å²) in [6, 6.07) is 9.32. The molecule has 64 valence electrons. The molecule has 2 atom stereocenters. The molecule has 1 N–H and O–H groups in total. The molecule has 0 amide bonds. The van der Waals surface area contributed by atoms with E-state index in [1.165, 1.54) is 17.5 Å². The molecule has 0 bridgehead atoms. The van der Waals surface area contributed by atoms with Crippen LogP contribution in [-0.2, 0) is 0 Å². The van der Waals surface area contributed by atoms with E-state index in [2.05, 4.69) is 36.5 Å². The van der Waals surface area contributed by atoms with Crippen LogP contribution in [0.15, 0.2) is 24.3 Å². The molecule has 0 spiro atoms. The van der Waals surface area contributed by atoms with Gasteiger partial charge in [0, 0.05) is 6.04 Å². The lowest BCUT2D eigenvalue weighted by molar-refractivity contribution is 0.553. The van der Waals surface area contributed by atoms with Crippen LogP contribution >= 0.6 is 0 Å². The van der Waals surface area contributed by atoms with E-state index in [1.54, 1.807) is 0 Å². The molecule has 0 aromatic heterocycles. The molecule has 0 saturated heterocycles. The van der Waals surface area contributed by atoms with Gasteiger partial charge in [-0.3, -0.25) is 0 Å². The van der Waals surface area contributed by atoms with Gasteiger partial charge in [-0.2, -0.15) is 0 Å². The van der Waals surface area contributed by atoms with Crippen molar-refractivity contribution in [2.75, 3.05) is 7.05 Å². The largest absolute Gasteiger partial charge is 0.313 e. The van der Waals surface area contributed by atoms with Crippen molar-refractivity contribution >= 4 is 0 Å². The third-order valence-corrected chi connectivity index (χ3v) is 2.84. The first-order valence-electron chi connectivity index (χ1n) is 4.59. The molecule has 12 heavy (non-hydrogen) atoms. The van der Waals surface area contributed by atoms with Crippen molar-refractivity contribution in [1.29, 1.82) is 0 Å². The second-order valence-corrected chi connectivity index (χ2v) is 3.61. The van der Waals surface area contributed by atoms with Crippen LogP contribution in [0, 0.1) is 0 Å². The lowest BCUT2D eigenvalue weighted by Gasteiger charge is -2.08. The second-order valence-electron chi connectivity index (χ2n) is 3.61. The molecule has 0 aliphatic heterocycles. The van der Waals surface area contributed by atoms with Gasteiger partial charge in [-0.15, -0.1) is 0 Å². The third-order valence-electron chi connectivity index (χ3n) is 2.84. The number of hydrogen-bond donors (Lipinski definition) is 1. The highest BCUT2D eigenvalue weighted by Gasteiger charge is 2.25. The van der Waals surface area contributed by atoms with Crippen molar-refractivity contribution < 1.29 is 0 Å². The van der Waals surface area contributed by atoms with Gasteiger partial charge in [0.05, 0.1) is 0 Å². The summed E-state index contributed by atoms with van der Waals surface area (Å²) in [7, 11) is 2.04. The first kappa shape index (κ1) is 7.81. The number of fused-ring (bicyclic) bond motifs is 1. The van der Waals surface area contributed by atoms with E-state index in [9.17, 15) is 0 Å². The molecule has 1 heteroatoms. The van der Waals surface area contributed by atoms with E-state index in [-0.39, 0.29) is 0 Å². The zero-order chi connectivity index (χ0) is 8.55. The number of rotatable bonds is 1. The minimum atomic E-state index is 0.580. The molecule has 1 aromatic rings. The highest BCUT2D eigenvalue weighted by Crippen LogP contribution is 2.39. The molecule has 0 radical (unpaired) electrons. The van der Waals surface area contributed by atoms with Crippen molar-refractivity contribution in [2.24, 2.45) is 0 Å². The quantitative estimate of drug-likeness (QED) is 0.667. The van der Waals surface area contributed by atoms with Gasteiger partial charge >= 0.3 is 0 Å². The Balaban J connectivity index is 2.43. The van der Waals surface area contributed by atoms with Gasteiger partial charge < -0.3 is 5.32 Å². The zero-order valence-electron chi connectivity index (χ0n) is 7.67. The standard InChI is InChI=1S/C11H15N/c1-8-7-11(12-2)10-6-4-3-5-9(8)10/h3-6,8,11-12H,7H2,1-2H3/t8-,11+/m1/s1. The summed E-state index contributed by atoms with van der Waals surface area (Å²) >= 11 is 0. The molecule has 0 unspecified atom stereocenters. The van der Waals surface area contributed by atoms with Gasteiger partial charge in [0.2, 0.25) is 0 Å². The Labute approximate surface area is 73.8 Å². The Morgan fingerprint density at radius 1 is 1.25 bits per heavy atom. The van der Waals surface area contributed by atoms with E-state index in [1.807, 2.05) is 7.05 Å². The second kappa shape index (κ2) is 2.91. The summed E-state index contributed by atoms with van der Waals surface area (Å²) in [4.78, 5) is 0. The van der Waals surface area contributed by atoms with Gasteiger partial charge in [0.25, 0.3) is 0 Å². The van der Waals surface area contributed by atoms with Crippen molar-refractivity contribution in [3.63, 3.8) is 0 Å². The molecule has 1 aromatic carbocycles. The minimum Gasteiger partial charge on any atom is -0.313 e. The first-order valence-corrected chi connectivity index (χ1v) is 4.59. The molecule has 2 rings (SSSR count). The number of benzene rings is 1. The first-order chi connectivity index (χ1) is 5.83. The normalized spacial score (nSPS) is 27.2. The van der Waals surface area contributed by atoms with Crippen LogP contribution in [0.4, 0.5) is 0 Å². The Kier molecular flexibility index (Phi) is 1.89. The van der Waals surface area contributed by atoms with E-state index in [4.69, 9.17) is 0 Å². The Bertz CT molecular complexity index is 280. The van der Waals surface area contributed by atoms with Crippen LogP contribution in [0.2, 0.25) is 0 Å². The van der Waals surface area contributed by atoms with Crippen LogP contribution in [-0.4, -0.2) is 7.05 Å².